The molecule has 2 aliphatic heterocycles. The van der Waals surface area contributed by atoms with E-state index in [0.717, 1.165) is 25.7 Å². The predicted octanol–water partition coefficient (Wildman–Crippen LogP) is 1.57. The average Bonchev–Trinajstić information content (AvgIpc) is 2.96. The molecule has 6 heteroatoms. The van der Waals surface area contributed by atoms with Crippen LogP contribution in [0.15, 0.2) is 0 Å². The second kappa shape index (κ2) is 10.5. The minimum absolute atomic E-state index is 0.0732. The molecule has 0 saturated carbocycles. The molecule has 0 amide bonds. The summed E-state index contributed by atoms with van der Waals surface area (Å²) >= 11 is 0. The summed E-state index contributed by atoms with van der Waals surface area (Å²) in [4.78, 5) is 0. The molecule has 2 atom stereocenters. The summed E-state index contributed by atoms with van der Waals surface area (Å²) in [7, 11) is 0. The summed E-state index contributed by atoms with van der Waals surface area (Å²) in [5.41, 5.74) is 0. The zero-order valence-corrected chi connectivity index (χ0v) is 13.3. The van der Waals surface area contributed by atoms with Gasteiger partial charge in [-0.2, -0.15) is 0 Å². The smallest absolute Gasteiger partial charge is 0.158 e. The van der Waals surface area contributed by atoms with Crippen LogP contribution in [0.5, 0.6) is 0 Å². The van der Waals surface area contributed by atoms with Crippen molar-refractivity contribution >= 4 is 0 Å². The molecular weight excluding hydrogens is 288 g/mol. The summed E-state index contributed by atoms with van der Waals surface area (Å²) in [5, 5.41) is 18.1. The van der Waals surface area contributed by atoms with Crippen molar-refractivity contribution in [3.63, 3.8) is 0 Å². The summed E-state index contributed by atoms with van der Waals surface area (Å²) in [5.74, 6) is 0. The van der Waals surface area contributed by atoms with E-state index in [1.54, 1.807) is 0 Å². The Morgan fingerprint density at radius 3 is 2.00 bits per heavy atom. The molecule has 0 aromatic rings. The van der Waals surface area contributed by atoms with Gasteiger partial charge in [0, 0.05) is 6.61 Å². The molecule has 2 fully saturated rings. The van der Waals surface area contributed by atoms with Crippen LogP contribution in [0.25, 0.3) is 0 Å². The third kappa shape index (κ3) is 6.89. The lowest BCUT2D eigenvalue weighted by atomic mass is 10.1. The van der Waals surface area contributed by atoms with E-state index in [-0.39, 0.29) is 25.3 Å². The Labute approximate surface area is 132 Å². The fourth-order valence-corrected chi connectivity index (χ4v) is 2.81. The van der Waals surface area contributed by atoms with Crippen molar-refractivity contribution < 1.29 is 29.2 Å². The van der Waals surface area contributed by atoms with Gasteiger partial charge < -0.3 is 29.2 Å². The molecule has 2 rings (SSSR count). The van der Waals surface area contributed by atoms with Crippen LogP contribution in [0.1, 0.15) is 51.4 Å². The first-order chi connectivity index (χ1) is 10.8. The van der Waals surface area contributed by atoms with E-state index in [4.69, 9.17) is 24.1 Å². The molecule has 0 spiro atoms. The van der Waals surface area contributed by atoms with Crippen LogP contribution in [0.4, 0.5) is 0 Å². The second-order valence-electron chi connectivity index (χ2n) is 6.13. The highest BCUT2D eigenvalue weighted by molar-refractivity contribution is 4.65. The fraction of sp³-hybridized carbons (Fsp3) is 1.00. The lowest BCUT2D eigenvalue weighted by Crippen LogP contribution is -2.35. The largest absolute Gasteiger partial charge is 0.396 e. The Kier molecular flexibility index (Phi) is 8.66. The van der Waals surface area contributed by atoms with Gasteiger partial charge in [0.15, 0.2) is 12.6 Å². The fourth-order valence-electron chi connectivity index (χ4n) is 2.81. The third-order valence-corrected chi connectivity index (χ3v) is 4.09. The molecule has 6 nitrogen and oxygen atoms in total. The van der Waals surface area contributed by atoms with Gasteiger partial charge in [-0.1, -0.05) is 19.3 Å². The van der Waals surface area contributed by atoms with Gasteiger partial charge in [-0.15, -0.1) is 0 Å². The van der Waals surface area contributed by atoms with Crippen molar-refractivity contribution in [1.29, 1.82) is 0 Å². The molecule has 0 bridgehead atoms. The van der Waals surface area contributed by atoms with Crippen LogP contribution < -0.4 is 0 Å². The first-order valence-corrected chi connectivity index (χ1v) is 8.57. The molecule has 0 aromatic heterocycles. The SMILES string of the molecule is OCCC1COC(CCCCCCCC2OCC(O)CO2)O1. The zero-order valence-electron chi connectivity index (χ0n) is 13.3. The van der Waals surface area contributed by atoms with Gasteiger partial charge in [0.05, 0.1) is 25.9 Å². The molecule has 0 aromatic carbocycles. The molecular formula is C16H30O6. The van der Waals surface area contributed by atoms with Gasteiger partial charge in [0.2, 0.25) is 0 Å². The highest BCUT2D eigenvalue weighted by atomic mass is 16.7. The van der Waals surface area contributed by atoms with Crippen molar-refractivity contribution in [3.8, 4) is 0 Å². The van der Waals surface area contributed by atoms with Gasteiger partial charge in [-0.05, 0) is 32.1 Å². The van der Waals surface area contributed by atoms with E-state index >= 15 is 0 Å². The van der Waals surface area contributed by atoms with Gasteiger partial charge >= 0.3 is 0 Å². The number of unbranched alkanes of at least 4 members (excludes halogenated alkanes) is 4. The van der Waals surface area contributed by atoms with E-state index < -0.39 is 6.10 Å². The van der Waals surface area contributed by atoms with Crippen LogP contribution >= 0.6 is 0 Å². The minimum atomic E-state index is -0.465. The molecule has 2 N–H and O–H groups in total. The van der Waals surface area contributed by atoms with Crippen LogP contribution in [-0.2, 0) is 18.9 Å². The van der Waals surface area contributed by atoms with Crippen LogP contribution in [0, 0.1) is 0 Å². The first kappa shape index (κ1) is 18.1. The van der Waals surface area contributed by atoms with Crippen molar-refractivity contribution in [2.75, 3.05) is 26.4 Å². The van der Waals surface area contributed by atoms with E-state index in [1.165, 1.54) is 19.3 Å². The number of hydrogen-bond donors (Lipinski definition) is 2. The number of hydrogen-bond acceptors (Lipinski definition) is 6. The highest BCUT2D eigenvalue weighted by Crippen LogP contribution is 2.20. The molecule has 2 aliphatic rings. The molecule has 22 heavy (non-hydrogen) atoms. The average molecular weight is 318 g/mol. The normalized spacial score (nSPS) is 32.5. The maximum Gasteiger partial charge on any atom is 0.158 e. The summed E-state index contributed by atoms with van der Waals surface area (Å²) in [6, 6.07) is 0. The molecule has 130 valence electrons. The van der Waals surface area contributed by atoms with Crippen LogP contribution in [0.3, 0.4) is 0 Å². The summed E-state index contributed by atoms with van der Waals surface area (Å²) in [6.45, 7) is 1.56. The number of rotatable bonds is 10. The van der Waals surface area contributed by atoms with Crippen molar-refractivity contribution in [1.82, 2.24) is 0 Å². The molecule has 2 heterocycles. The minimum Gasteiger partial charge on any atom is -0.396 e. The Bertz CT molecular complexity index is 280. The molecule has 0 radical (unpaired) electrons. The zero-order chi connectivity index (χ0) is 15.6. The molecule has 0 aliphatic carbocycles. The number of aliphatic hydroxyl groups is 2. The predicted molar refractivity (Wildman–Crippen MR) is 80.3 cm³/mol. The van der Waals surface area contributed by atoms with Crippen LogP contribution in [0.2, 0.25) is 0 Å². The Balaban J connectivity index is 1.37. The number of ether oxygens (including phenoxy) is 4. The Hall–Kier alpha value is -0.240. The van der Waals surface area contributed by atoms with E-state index in [9.17, 15) is 5.11 Å². The van der Waals surface area contributed by atoms with Crippen LogP contribution in [-0.4, -0.2) is 61.4 Å². The molecule has 2 saturated heterocycles. The monoisotopic (exact) mass is 318 g/mol. The van der Waals surface area contributed by atoms with Gasteiger partial charge in [0.1, 0.15) is 6.10 Å². The Morgan fingerprint density at radius 2 is 1.32 bits per heavy atom. The Morgan fingerprint density at radius 1 is 0.727 bits per heavy atom. The first-order valence-electron chi connectivity index (χ1n) is 8.57. The quantitative estimate of drug-likeness (QED) is 0.596. The standard InChI is InChI=1S/C16H30O6/c17-9-8-14-12-21-16(22-14)7-5-3-1-2-4-6-15-19-10-13(18)11-20-15/h13-18H,1-12H2. The second-order valence-corrected chi connectivity index (χ2v) is 6.13. The van der Waals surface area contributed by atoms with Gasteiger partial charge in [-0.3, -0.25) is 0 Å². The van der Waals surface area contributed by atoms with Crippen molar-refractivity contribution in [3.05, 3.63) is 0 Å². The number of aliphatic hydroxyl groups excluding tert-OH is 2. The van der Waals surface area contributed by atoms with Gasteiger partial charge in [0.25, 0.3) is 0 Å². The lowest BCUT2D eigenvalue weighted by molar-refractivity contribution is -0.218. The van der Waals surface area contributed by atoms with Crippen molar-refractivity contribution in [2.24, 2.45) is 0 Å². The van der Waals surface area contributed by atoms with E-state index in [1.807, 2.05) is 0 Å². The summed E-state index contributed by atoms with van der Waals surface area (Å²) in [6.07, 6.45) is 7.66. The maximum absolute atomic E-state index is 9.25. The third-order valence-electron chi connectivity index (χ3n) is 4.09. The van der Waals surface area contributed by atoms with Gasteiger partial charge in [-0.25, -0.2) is 0 Å². The topological polar surface area (TPSA) is 77.4 Å². The highest BCUT2D eigenvalue weighted by Gasteiger charge is 2.24. The molecule has 2 unspecified atom stereocenters. The van der Waals surface area contributed by atoms with E-state index in [2.05, 4.69) is 0 Å². The summed E-state index contributed by atoms with van der Waals surface area (Å²) < 4.78 is 22.0. The lowest BCUT2D eigenvalue weighted by Gasteiger charge is -2.26. The maximum atomic E-state index is 9.25. The van der Waals surface area contributed by atoms with Crippen molar-refractivity contribution in [2.45, 2.75) is 76.2 Å². The van der Waals surface area contributed by atoms with E-state index in [0.29, 0.717) is 26.2 Å².